The summed E-state index contributed by atoms with van der Waals surface area (Å²) in [6, 6.07) is 7.86. The van der Waals surface area contributed by atoms with E-state index in [1.54, 1.807) is 0 Å². The Balaban J connectivity index is 1.70. The first-order valence-corrected chi connectivity index (χ1v) is 7.03. The third kappa shape index (κ3) is 2.20. The van der Waals surface area contributed by atoms with Crippen molar-refractivity contribution < 1.29 is 9.53 Å². The topological polar surface area (TPSA) is 38.3 Å². The molecule has 2 fully saturated rings. The molecule has 0 aliphatic carbocycles. The Bertz CT molecular complexity index is 449. The molecule has 2 heterocycles. The van der Waals surface area contributed by atoms with Gasteiger partial charge in [0, 0.05) is 3.57 Å². The van der Waals surface area contributed by atoms with Gasteiger partial charge in [0.1, 0.15) is 0 Å². The van der Waals surface area contributed by atoms with Crippen LogP contribution in [0.4, 0.5) is 0 Å². The highest BCUT2D eigenvalue weighted by molar-refractivity contribution is 14.1. The lowest BCUT2D eigenvalue weighted by molar-refractivity contribution is 0.0840. The van der Waals surface area contributed by atoms with E-state index in [1.807, 2.05) is 24.3 Å². The predicted octanol–water partition coefficient (Wildman–Crippen LogP) is 2.34. The van der Waals surface area contributed by atoms with Gasteiger partial charge in [0.2, 0.25) is 0 Å². The van der Waals surface area contributed by atoms with Crippen molar-refractivity contribution in [1.82, 2.24) is 5.32 Å². The number of ether oxygens (including phenoxy) is 1. The molecule has 2 bridgehead atoms. The third-order valence-electron chi connectivity index (χ3n) is 3.54. The van der Waals surface area contributed by atoms with Crippen LogP contribution < -0.4 is 5.32 Å². The molecule has 2 aliphatic heterocycles. The molecule has 2 saturated heterocycles. The highest BCUT2D eigenvalue weighted by Crippen LogP contribution is 2.34. The van der Waals surface area contributed by atoms with E-state index in [0.29, 0.717) is 6.10 Å². The zero-order valence-corrected chi connectivity index (χ0v) is 11.5. The number of carbonyl (C=O) groups is 1. The highest BCUT2D eigenvalue weighted by atomic mass is 127. The summed E-state index contributed by atoms with van der Waals surface area (Å²) in [6.45, 7) is 0. The van der Waals surface area contributed by atoms with Crippen LogP contribution in [0.1, 0.15) is 29.6 Å². The molecule has 2 aliphatic rings. The van der Waals surface area contributed by atoms with E-state index in [2.05, 4.69) is 27.9 Å². The molecule has 3 rings (SSSR count). The quantitative estimate of drug-likeness (QED) is 0.838. The summed E-state index contributed by atoms with van der Waals surface area (Å²) < 4.78 is 6.73. The van der Waals surface area contributed by atoms with Crippen molar-refractivity contribution >= 4 is 28.5 Å². The molecule has 0 radical (unpaired) electrons. The lowest BCUT2D eigenvalue weighted by atomic mass is 9.95. The van der Waals surface area contributed by atoms with Gasteiger partial charge in [-0.05, 0) is 54.0 Å². The molecular formula is C13H14INO2. The van der Waals surface area contributed by atoms with Crippen molar-refractivity contribution in [2.24, 2.45) is 0 Å². The van der Waals surface area contributed by atoms with Crippen molar-refractivity contribution in [3.05, 3.63) is 33.4 Å². The predicted molar refractivity (Wildman–Crippen MR) is 72.9 cm³/mol. The Morgan fingerprint density at radius 3 is 2.82 bits per heavy atom. The van der Waals surface area contributed by atoms with Crippen LogP contribution in [0.15, 0.2) is 24.3 Å². The fourth-order valence-corrected chi connectivity index (χ4v) is 3.31. The number of nitrogens with one attached hydrogen (secondary N) is 1. The van der Waals surface area contributed by atoms with Crippen LogP contribution in [0.2, 0.25) is 0 Å². The van der Waals surface area contributed by atoms with Crippen LogP contribution in [0.25, 0.3) is 0 Å². The first-order valence-electron chi connectivity index (χ1n) is 5.95. The van der Waals surface area contributed by atoms with Crippen LogP contribution in [0.5, 0.6) is 0 Å². The van der Waals surface area contributed by atoms with Gasteiger partial charge in [0.05, 0.1) is 23.8 Å². The van der Waals surface area contributed by atoms with E-state index in [-0.39, 0.29) is 18.1 Å². The molecule has 0 spiro atoms. The molecule has 1 aromatic rings. The Labute approximate surface area is 114 Å². The van der Waals surface area contributed by atoms with Crippen LogP contribution in [-0.2, 0) is 4.74 Å². The average Bonchev–Trinajstić information content (AvgIpc) is 2.91. The van der Waals surface area contributed by atoms with Crippen molar-refractivity contribution in [1.29, 1.82) is 0 Å². The first kappa shape index (κ1) is 11.5. The minimum Gasteiger partial charge on any atom is -0.373 e. The number of hydrogen-bond donors (Lipinski definition) is 1. The maximum Gasteiger partial charge on any atom is 0.252 e. The molecule has 90 valence electrons. The van der Waals surface area contributed by atoms with Gasteiger partial charge < -0.3 is 10.1 Å². The molecule has 1 amide bonds. The van der Waals surface area contributed by atoms with Gasteiger partial charge >= 0.3 is 0 Å². The number of rotatable bonds is 2. The van der Waals surface area contributed by atoms with E-state index in [1.165, 1.54) is 0 Å². The molecular weight excluding hydrogens is 329 g/mol. The second-order valence-electron chi connectivity index (χ2n) is 4.67. The summed E-state index contributed by atoms with van der Waals surface area (Å²) in [5.74, 6) is 0.0242. The van der Waals surface area contributed by atoms with Gasteiger partial charge in [-0.15, -0.1) is 0 Å². The van der Waals surface area contributed by atoms with Crippen LogP contribution in [0.3, 0.4) is 0 Å². The second kappa shape index (κ2) is 4.57. The van der Waals surface area contributed by atoms with E-state index >= 15 is 0 Å². The summed E-state index contributed by atoms with van der Waals surface area (Å²) in [4.78, 5) is 12.1. The summed E-state index contributed by atoms with van der Waals surface area (Å²) in [6.07, 6.45) is 3.83. The molecule has 4 heteroatoms. The summed E-state index contributed by atoms with van der Waals surface area (Å²) >= 11 is 2.19. The van der Waals surface area contributed by atoms with E-state index in [9.17, 15) is 4.79 Å². The third-order valence-corrected chi connectivity index (χ3v) is 4.48. The Morgan fingerprint density at radius 1 is 1.35 bits per heavy atom. The highest BCUT2D eigenvalue weighted by Gasteiger charge is 2.41. The summed E-state index contributed by atoms with van der Waals surface area (Å²) in [5, 5.41) is 3.10. The van der Waals surface area contributed by atoms with Crippen molar-refractivity contribution in [2.75, 3.05) is 0 Å². The maximum absolute atomic E-state index is 12.1. The second-order valence-corrected chi connectivity index (χ2v) is 5.83. The Hall–Kier alpha value is -0.620. The van der Waals surface area contributed by atoms with Crippen LogP contribution in [-0.4, -0.2) is 24.2 Å². The van der Waals surface area contributed by atoms with Gasteiger partial charge in [-0.1, -0.05) is 12.1 Å². The van der Waals surface area contributed by atoms with Crippen LogP contribution in [0, 0.1) is 3.57 Å². The van der Waals surface area contributed by atoms with Gasteiger partial charge in [-0.2, -0.15) is 0 Å². The van der Waals surface area contributed by atoms with Crippen LogP contribution >= 0.6 is 22.6 Å². The summed E-state index contributed by atoms with van der Waals surface area (Å²) in [5.41, 5.74) is 0.760. The largest absolute Gasteiger partial charge is 0.373 e. The smallest absolute Gasteiger partial charge is 0.252 e. The fourth-order valence-electron chi connectivity index (χ4n) is 2.68. The number of benzene rings is 1. The molecule has 0 aromatic heterocycles. The normalized spacial score (nSPS) is 30.5. The lowest BCUT2D eigenvalue weighted by Crippen LogP contribution is -2.41. The van der Waals surface area contributed by atoms with Gasteiger partial charge in [-0.25, -0.2) is 0 Å². The molecule has 3 atom stereocenters. The minimum absolute atomic E-state index is 0.0242. The fraction of sp³-hybridized carbons (Fsp3) is 0.462. The van der Waals surface area contributed by atoms with Gasteiger partial charge in [0.25, 0.3) is 5.91 Å². The number of hydrogen-bond acceptors (Lipinski definition) is 2. The Morgan fingerprint density at radius 2 is 2.18 bits per heavy atom. The molecule has 3 unspecified atom stereocenters. The summed E-state index contributed by atoms with van der Waals surface area (Å²) in [7, 11) is 0. The SMILES string of the molecule is O=C(NC1CC2CCC1O2)c1ccccc1I. The first-order chi connectivity index (χ1) is 8.24. The Kier molecular flexibility index (Phi) is 3.08. The van der Waals surface area contributed by atoms with Crippen molar-refractivity contribution in [3.63, 3.8) is 0 Å². The van der Waals surface area contributed by atoms with Crippen molar-refractivity contribution in [3.8, 4) is 0 Å². The molecule has 17 heavy (non-hydrogen) atoms. The van der Waals surface area contributed by atoms with Crippen molar-refractivity contribution in [2.45, 2.75) is 37.5 Å². The maximum atomic E-state index is 12.1. The number of halogens is 1. The van der Waals surface area contributed by atoms with Gasteiger partial charge in [0.15, 0.2) is 0 Å². The standard InChI is InChI=1S/C13H14INO2/c14-10-4-2-1-3-9(10)13(16)15-11-7-8-5-6-12(11)17-8/h1-4,8,11-12H,5-7H2,(H,15,16). The zero-order valence-electron chi connectivity index (χ0n) is 9.36. The number of carbonyl (C=O) groups excluding carboxylic acids is 1. The van der Waals surface area contributed by atoms with E-state index in [0.717, 1.165) is 28.4 Å². The molecule has 3 nitrogen and oxygen atoms in total. The monoisotopic (exact) mass is 343 g/mol. The number of fused-ring (bicyclic) bond motifs is 2. The van der Waals surface area contributed by atoms with E-state index in [4.69, 9.17) is 4.74 Å². The molecule has 1 N–H and O–H groups in total. The lowest BCUT2D eigenvalue weighted by Gasteiger charge is -2.20. The number of amides is 1. The minimum atomic E-state index is 0.0242. The molecule has 0 saturated carbocycles. The average molecular weight is 343 g/mol. The van der Waals surface area contributed by atoms with E-state index < -0.39 is 0 Å². The van der Waals surface area contributed by atoms with Gasteiger partial charge in [-0.3, -0.25) is 4.79 Å². The molecule has 1 aromatic carbocycles. The zero-order chi connectivity index (χ0) is 11.8.